The number of rotatable bonds is 3. The fourth-order valence-corrected chi connectivity index (χ4v) is 4.21. The van der Waals surface area contributed by atoms with Crippen LogP contribution < -0.4 is 11.1 Å². The number of nitrogens with zero attached hydrogens (tertiary/aromatic N) is 2. The first kappa shape index (κ1) is 18.2. The molecule has 3 aromatic rings. The number of anilines is 1. The summed E-state index contributed by atoms with van der Waals surface area (Å²) in [5.74, 6) is -0.255. The maximum atomic E-state index is 12.4. The Morgan fingerprint density at radius 2 is 1.86 bits per heavy atom. The highest BCUT2D eigenvalue weighted by Crippen LogP contribution is 2.38. The average Bonchev–Trinajstić information content (AvgIpc) is 3.07. The molecule has 1 amide bonds. The smallest absolute Gasteiger partial charge is 0.271 e. The molecule has 8 heteroatoms. The van der Waals surface area contributed by atoms with Crippen LogP contribution in [0, 0.1) is 0 Å². The van der Waals surface area contributed by atoms with Gasteiger partial charge in [-0.3, -0.25) is 4.79 Å². The van der Waals surface area contributed by atoms with E-state index in [1.807, 2.05) is 18.2 Å². The van der Waals surface area contributed by atoms with Gasteiger partial charge in [-0.25, -0.2) is 13.1 Å². The van der Waals surface area contributed by atoms with Gasteiger partial charge in [0.2, 0.25) is 0 Å². The second kappa shape index (κ2) is 6.49. The molecule has 1 aromatic heterocycles. The van der Waals surface area contributed by atoms with Crippen LogP contribution in [0.25, 0.3) is 16.9 Å². The molecule has 0 atom stereocenters. The summed E-state index contributed by atoms with van der Waals surface area (Å²) in [4.78, 5) is 12.6. The van der Waals surface area contributed by atoms with E-state index in [1.54, 1.807) is 36.0 Å². The monoisotopic (exact) mass is 396 g/mol. The Labute approximate surface area is 163 Å². The van der Waals surface area contributed by atoms with Gasteiger partial charge < -0.3 is 11.1 Å². The van der Waals surface area contributed by atoms with Crippen molar-refractivity contribution in [2.24, 2.45) is 0 Å². The number of carbonyl (C=O) groups is 1. The zero-order chi connectivity index (χ0) is 20.1. The fraction of sp³-hybridized carbons (Fsp3) is 0.200. The van der Waals surface area contributed by atoms with Gasteiger partial charge in [0.15, 0.2) is 15.5 Å². The van der Waals surface area contributed by atoms with Gasteiger partial charge in [0, 0.05) is 30.1 Å². The first-order valence-electron chi connectivity index (χ1n) is 8.83. The number of aryl methyl sites for hydroxylation is 1. The van der Waals surface area contributed by atoms with Crippen LogP contribution in [0.1, 0.15) is 21.6 Å². The lowest BCUT2D eigenvalue weighted by molar-refractivity contribution is 0.0957. The number of fused-ring (bicyclic) bond motifs is 3. The molecule has 0 saturated carbocycles. The maximum absolute atomic E-state index is 12.4. The lowest BCUT2D eigenvalue weighted by Gasteiger charge is -2.19. The number of carbonyl (C=O) groups excluding carboxylic acids is 1. The number of benzene rings is 2. The number of aromatic nitrogens is 2. The SMILES string of the molecule is CNC(=O)c1nn(-c2ccc(S(C)(=O)=O)cc2)c2c1CCc1ccc(N)cc1-2. The van der Waals surface area contributed by atoms with Gasteiger partial charge in [0.25, 0.3) is 5.91 Å². The van der Waals surface area contributed by atoms with E-state index < -0.39 is 9.84 Å². The standard InChI is InChI=1S/C20H20N4O3S/c1-22-20(25)18-16-10-4-12-3-5-13(21)11-17(12)19(16)24(23-18)14-6-8-15(9-7-14)28(2,26)27/h3,5-9,11H,4,10,21H2,1-2H3,(H,22,25). The molecular formula is C20H20N4O3S. The van der Waals surface area contributed by atoms with Crippen molar-refractivity contribution in [2.45, 2.75) is 17.7 Å². The minimum atomic E-state index is -3.30. The van der Waals surface area contributed by atoms with E-state index >= 15 is 0 Å². The lowest BCUT2D eigenvalue weighted by atomic mass is 9.88. The summed E-state index contributed by atoms with van der Waals surface area (Å²) < 4.78 is 25.2. The van der Waals surface area contributed by atoms with Crippen LogP contribution in [0.3, 0.4) is 0 Å². The molecule has 1 heterocycles. The highest BCUT2D eigenvalue weighted by molar-refractivity contribution is 7.90. The molecule has 4 rings (SSSR count). The van der Waals surface area contributed by atoms with Crippen LogP contribution in [0.5, 0.6) is 0 Å². The predicted molar refractivity (Wildman–Crippen MR) is 107 cm³/mol. The van der Waals surface area contributed by atoms with Gasteiger partial charge in [-0.1, -0.05) is 6.07 Å². The van der Waals surface area contributed by atoms with Gasteiger partial charge in [-0.05, 0) is 54.8 Å². The topological polar surface area (TPSA) is 107 Å². The van der Waals surface area contributed by atoms with Gasteiger partial charge in [0.05, 0.1) is 16.3 Å². The van der Waals surface area contributed by atoms with E-state index in [0.29, 0.717) is 23.5 Å². The summed E-state index contributed by atoms with van der Waals surface area (Å²) in [7, 11) is -1.72. The molecule has 144 valence electrons. The molecule has 0 saturated heterocycles. The molecule has 1 aliphatic rings. The molecule has 2 aromatic carbocycles. The number of nitrogens with one attached hydrogen (secondary N) is 1. The third-order valence-electron chi connectivity index (χ3n) is 4.97. The average molecular weight is 396 g/mol. The molecule has 7 nitrogen and oxygen atoms in total. The molecule has 0 aliphatic heterocycles. The van der Waals surface area contributed by atoms with Gasteiger partial charge in [-0.2, -0.15) is 5.10 Å². The van der Waals surface area contributed by atoms with E-state index in [9.17, 15) is 13.2 Å². The van der Waals surface area contributed by atoms with Gasteiger partial charge in [-0.15, -0.1) is 0 Å². The van der Waals surface area contributed by atoms with Gasteiger partial charge >= 0.3 is 0 Å². The molecule has 0 spiro atoms. The van der Waals surface area contributed by atoms with Crippen molar-refractivity contribution in [3.8, 4) is 16.9 Å². The van der Waals surface area contributed by atoms with Crippen LogP contribution in [-0.2, 0) is 22.7 Å². The molecule has 3 N–H and O–H groups in total. The molecule has 0 radical (unpaired) electrons. The highest BCUT2D eigenvalue weighted by atomic mass is 32.2. The number of hydrogen-bond donors (Lipinski definition) is 2. The first-order valence-corrected chi connectivity index (χ1v) is 10.7. The van der Waals surface area contributed by atoms with Crippen molar-refractivity contribution in [3.05, 3.63) is 59.3 Å². The Morgan fingerprint density at radius 1 is 1.14 bits per heavy atom. The van der Waals surface area contributed by atoms with E-state index in [4.69, 9.17) is 5.73 Å². The van der Waals surface area contributed by atoms with E-state index in [0.717, 1.165) is 28.8 Å². The quantitative estimate of drug-likeness (QED) is 0.659. The number of nitrogen functional groups attached to an aromatic ring is 1. The minimum absolute atomic E-state index is 0.230. The van der Waals surface area contributed by atoms with Crippen LogP contribution in [0.2, 0.25) is 0 Å². The van der Waals surface area contributed by atoms with Crippen molar-refractivity contribution in [1.82, 2.24) is 15.1 Å². The molecule has 1 aliphatic carbocycles. The Morgan fingerprint density at radius 3 is 2.50 bits per heavy atom. The maximum Gasteiger partial charge on any atom is 0.271 e. The molecule has 28 heavy (non-hydrogen) atoms. The van der Waals surface area contributed by atoms with Crippen molar-refractivity contribution >= 4 is 21.4 Å². The summed E-state index contributed by atoms with van der Waals surface area (Å²) in [5.41, 5.74) is 11.5. The Bertz CT molecular complexity index is 1190. The van der Waals surface area contributed by atoms with Crippen molar-refractivity contribution in [2.75, 3.05) is 19.0 Å². The normalized spacial score (nSPS) is 12.9. The Kier molecular flexibility index (Phi) is 4.23. The van der Waals surface area contributed by atoms with Crippen LogP contribution in [0.15, 0.2) is 47.4 Å². The summed E-state index contributed by atoms with van der Waals surface area (Å²) in [6, 6.07) is 12.2. The molecule has 0 bridgehead atoms. The van der Waals surface area contributed by atoms with Crippen molar-refractivity contribution in [1.29, 1.82) is 0 Å². The minimum Gasteiger partial charge on any atom is -0.399 e. The summed E-state index contributed by atoms with van der Waals surface area (Å²) >= 11 is 0. The molecular weight excluding hydrogens is 376 g/mol. The second-order valence-corrected chi connectivity index (χ2v) is 8.87. The Hall–Kier alpha value is -3.13. The van der Waals surface area contributed by atoms with Crippen LogP contribution >= 0.6 is 0 Å². The fourth-order valence-electron chi connectivity index (χ4n) is 3.58. The predicted octanol–water partition coefficient (Wildman–Crippen LogP) is 1.98. The van der Waals surface area contributed by atoms with Crippen molar-refractivity contribution < 1.29 is 13.2 Å². The van der Waals surface area contributed by atoms with E-state index in [1.165, 1.54) is 6.26 Å². The highest BCUT2D eigenvalue weighted by Gasteiger charge is 2.28. The zero-order valence-electron chi connectivity index (χ0n) is 15.6. The number of nitrogens with two attached hydrogens (primary N) is 1. The third kappa shape index (κ3) is 2.95. The number of amides is 1. The second-order valence-electron chi connectivity index (χ2n) is 6.85. The Balaban J connectivity index is 1.96. The number of hydrogen-bond acceptors (Lipinski definition) is 5. The summed E-state index contributed by atoms with van der Waals surface area (Å²) in [5, 5.41) is 7.21. The van der Waals surface area contributed by atoms with Crippen LogP contribution in [0.4, 0.5) is 5.69 Å². The van der Waals surface area contributed by atoms with E-state index in [-0.39, 0.29) is 10.8 Å². The summed E-state index contributed by atoms with van der Waals surface area (Å²) in [6.07, 6.45) is 2.65. The zero-order valence-corrected chi connectivity index (χ0v) is 16.4. The molecule has 0 fully saturated rings. The van der Waals surface area contributed by atoms with Crippen molar-refractivity contribution in [3.63, 3.8) is 0 Å². The third-order valence-corrected chi connectivity index (χ3v) is 6.10. The largest absolute Gasteiger partial charge is 0.399 e. The number of sulfone groups is 1. The first-order chi connectivity index (χ1) is 13.3. The molecule has 0 unspecified atom stereocenters. The van der Waals surface area contributed by atoms with E-state index in [2.05, 4.69) is 10.4 Å². The lowest BCUT2D eigenvalue weighted by Crippen LogP contribution is -2.20. The van der Waals surface area contributed by atoms with Gasteiger partial charge in [0.1, 0.15) is 0 Å². The van der Waals surface area contributed by atoms with Crippen LogP contribution in [-0.4, -0.2) is 37.4 Å². The summed E-state index contributed by atoms with van der Waals surface area (Å²) in [6.45, 7) is 0.